The van der Waals surface area contributed by atoms with Gasteiger partial charge in [-0.15, -0.1) is 0 Å². The molecule has 1 fully saturated rings. The second-order valence-electron chi connectivity index (χ2n) is 3.16. The second-order valence-corrected chi connectivity index (χ2v) is 3.53. The molecule has 0 amide bonds. The van der Waals surface area contributed by atoms with Crippen molar-refractivity contribution in [3.05, 3.63) is 0 Å². The van der Waals surface area contributed by atoms with E-state index in [9.17, 15) is 4.79 Å². The number of nitrogens with one attached hydrogen (secondary N) is 1. The zero-order valence-electron chi connectivity index (χ0n) is 7.92. The van der Waals surface area contributed by atoms with Crippen molar-refractivity contribution in [3.63, 3.8) is 0 Å². The molecule has 74 valence electrons. The fourth-order valence-corrected chi connectivity index (χ4v) is 1.58. The summed E-state index contributed by atoms with van der Waals surface area (Å²) in [5, 5.41) is 3.04. The highest BCUT2D eigenvalue weighted by Gasteiger charge is 2.47. The van der Waals surface area contributed by atoms with Gasteiger partial charge in [-0.25, -0.2) is 4.79 Å². The Labute approximate surface area is 82.6 Å². The van der Waals surface area contributed by atoms with E-state index in [0.29, 0.717) is 6.42 Å². The van der Waals surface area contributed by atoms with Crippen molar-refractivity contribution >= 4 is 23.4 Å². The average molecular weight is 203 g/mol. The molecule has 1 heterocycles. The zero-order valence-corrected chi connectivity index (χ0v) is 8.73. The first-order chi connectivity index (χ1) is 6.03. The third-order valence-corrected chi connectivity index (χ3v) is 2.54. The molecule has 1 saturated heterocycles. The van der Waals surface area contributed by atoms with Crippen LogP contribution in [0.4, 0.5) is 0 Å². The van der Waals surface area contributed by atoms with E-state index in [0.717, 1.165) is 0 Å². The van der Waals surface area contributed by atoms with Crippen LogP contribution in [0.1, 0.15) is 20.3 Å². The first-order valence-corrected chi connectivity index (χ1v) is 4.51. The van der Waals surface area contributed by atoms with Crippen molar-refractivity contribution in [2.45, 2.75) is 31.9 Å². The van der Waals surface area contributed by atoms with Crippen LogP contribution in [0.5, 0.6) is 0 Å². The molecular weight excluding hydrogens is 190 g/mol. The normalized spacial score (nSPS) is 32.2. The van der Waals surface area contributed by atoms with E-state index >= 15 is 0 Å². The number of carbonyl (C=O) groups is 1. The summed E-state index contributed by atoms with van der Waals surface area (Å²) >= 11 is 4.84. The van der Waals surface area contributed by atoms with Crippen LogP contribution in [0.25, 0.3) is 0 Å². The Morgan fingerprint density at radius 1 is 1.85 bits per heavy atom. The number of methoxy groups -OCH3 is 1. The SMILES string of the molecule is CC[C@]1(C)OC(=S)N[C@H]1C(=O)OC. The van der Waals surface area contributed by atoms with E-state index in [4.69, 9.17) is 17.0 Å². The smallest absolute Gasteiger partial charge is 0.332 e. The largest absolute Gasteiger partial charge is 0.467 e. The monoisotopic (exact) mass is 203 g/mol. The van der Waals surface area contributed by atoms with Gasteiger partial charge in [0.15, 0.2) is 6.04 Å². The minimum atomic E-state index is -0.579. The molecule has 0 saturated carbocycles. The van der Waals surface area contributed by atoms with E-state index in [1.54, 1.807) is 0 Å². The van der Waals surface area contributed by atoms with Crippen LogP contribution >= 0.6 is 12.2 Å². The average Bonchev–Trinajstić information content (AvgIpc) is 2.41. The van der Waals surface area contributed by atoms with Gasteiger partial charge in [0.2, 0.25) is 0 Å². The fourth-order valence-electron chi connectivity index (χ4n) is 1.27. The van der Waals surface area contributed by atoms with Crippen LogP contribution in [0.15, 0.2) is 0 Å². The molecule has 4 nitrogen and oxygen atoms in total. The van der Waals surface area contributed by atoms with Gasteiger partial charge in [-0.2, -0.15) is 0 Å². The quantitative estimate of drug-likeness (QED) is 0.526. The highest BCUT2D eigenvalue weighted by molar-refractivity contribution is 7.80. The molecule has 13 heavy (non-hydrogen) atoms. The Balaban J connectivity index is 2.83. The Hall–Kier alpha value is -0.840. The predicted octanol–water partition coefficient (Wildman–Crippen LogP) is 0.601. The molecule has 0 bridgehead atoms. The first kappa shape index (κ1) is 10.2. The number of hydrogen-bond donors (Lipinski definition) is 1. The van der Waals surface area contributed by atoms with Crippen LogP contribution in [-0.2, 0) is 14.3 Å². The van der Waals surface area contributed by atoms with Gasteiger partial charge >= 0.3 is 5.97 Å². The van der Waals surface area contributed by atoms with Crippen molar-refractivity contribution < 1.29 is 14.3 Å². The lowest BCUT2D eigenvalue weighted by molar-refractivity contribution is -0.146. The van der Waals surface area contributed by atoms with Crippen LogP contribution < -0.4 is 5.32 Å². The molecule has 1 aliphatic heterocycles. The number of hydrogen-bond acceptors (Lipinski definition) is 4. The predicted molar refractivity (Wildman–Crippen MR) is 51.3 cm³/mol. The lowest BCUT2D eigenvalue weighted by atomic mass is 9.94. The lowest BCUT2D eigenvalue weighted by Crippen LogP contribution is -2.47. The Kier molecular flexibility index (Phi) is 2.75. The summed E-state index contributed by atoms with van der Waals surface area (Å²) in [6.07, 6.45) is 0.694. The third kappa shape index (κ3) is 1.75. The van der Waals surface area contributed by atoms with E-state index < -0.39 is 11.6 Å². The van der Waals surface area contributed by atoms with Gasteiger partial charge in [0.05, 0.1) is 7.11 Å². The molecule has 1 N–H and O–H groups in total. The lowest BCUT2D eigenvalue weighted by Gasteiger charge is -2.25. The second kappa shape index (κ2) is 3.49. The summed E-state index contributed by atoms with van der Waals surface area (Å²) < 4.78 is 9.99. The summed E-state index contributed by atoms with van der Waals surface area (Å²) in [5.74, 6) is -0.343. The van der Waals surface area contributed by atoms with E-state index in [2.05, 4.69) is 10.1 Å². The first-order valence-electron chi connectivity index (χ1n) is 4.11. The molecule has 2 atom stereocenters. The maximum atomic E-state index is 11.3. The van der Waals surface area contributed by atoms with Crippen molar-refractivity contribution in [1.29, 1.82) is 0 Å². The third-order valence-electron chi connectivity index (χ3n) is 2.34. The molecule has 0 spiro atoms. The van der Waals surface area contributed by atoms with Gasteiger partial charge in [-0.1, -0.05) is 6.92 Å². The summed E-state index contributed by atoms with van der Waals surface area (Å²) in [6.45, 7) is 3.77. The maximum absolute atomic E-state index is 11.3. The summed E-state index contributed by atoms with van der Waals surface area (Å²) in [6, 6.07) is -0.491. The number of rotatable bonds is 2. The van der Waals surface area contributed by atoms with Gasteiger partial charge in [-0.05, 0) is 25.6 Å². The van der Waals surface area contributed by atoms with E-state index in [1.165, 1.54) is 7.11 Å². The van der Waals surface area contributed by atoms with E-state index in [1.807, 2.05) is 13.8 Å². The zero-order chi connectivity index (χ0) is 10.1. The molecule has 0 aromatic rings. The number of ether oxygens (including phenoxy) is 2. The Morgan fingerprint density at radius 2 is 2.46 bits per heavy atom. The fraction of sp³-hybridized carbons (Fsp3) is 0.750. The summed E-state index contributed by atoms with van der Waals surface area (Å²) in [7, 11) is 1.35. The van der Waals surface area contributed by atoms with Crippen LogP contribution in [-0.4, -0.2) is 29.9 Å². The Bertz CT molecular complexity index is 244. The highest BCUT2D eigenvalue weighted by atomic mass is 32.1. The Morgan fingerprint density at radius 3 is 2.92 bits per heavy atom. The van der Waals surface area contributed by atoms with Crippen LogP contribution in [0.3, 0.4) is 0 Å². The standard InChI is InChI=1S/C8H13NO3S/c1-4-8(2)5(6(10)11-3)9-7(13)12-8/h5H,4H2,1-3H3,(H,9,13)/t5-,8-/m0/s1. The van der Waals surface area contributed by atoms with Gasteiger partial charge in [0.1, 0.15) is 5.60 Å². The molecule has 0 radical (unpaired) electrons. The topological polar surface area (TPSA) is 47.6 Å². The number of carbonyl (C=O) groups excluding carboxylic acids is 1. The minimum absolute atomic E-state index is 0.264. The molecule has 5 heteroatoms. The molecule has 0 aliphatic carbocycles. The molecule has 1 aliphatic rings. The molecule has 1 rings (SSSR count). The van der Waals surface area contributed by atoms with Gasteiger partial charge in [-0.3, -0.25) is 0 Å². The highest BCUT2D eigenvalue weighted by Crippen LogP contribution is 2.26. The van der Waals surface area contributed by atoms with Gasteiger partial charge < -0.3 is 14.8 Å². The number of esters is 1. The van der Waals surface area contributed by atoms with E-state index in [-0.39, 0.29) is 11.1 Å². The van der Waals surface area contributed by atoms with Crippen molar-refractivity contribution in [1.82, 2.24) is 5.32 Å². The van der Waals surface area contributed by atoms with Gasteiger partial charge in [0.25, 0.3) is 5.17 Å². The van der Waals surface area contributed by atoms with Crippen molar-refractivity contribution in [3.8, 4) is 0 Å². The summed E-state index contributed by atoms with van der Waals surface area (Å²) in [4.78, 5) is 11.3. The molecule has 0 aromatic heterocycles. The van der Waals surface area contributed by atoms with Crippen LogP contribution in [0, 0.1) is 0 Å². The van der Waals surface area contributed by atoms with Crippen molar-refractivity contribution in [2.75, 3.05) is 7.11 Å². The minimum Gasteiger partial charge on any atom is -0.467 e. The van der Waals surface area contributed by atoms with Crippen molar-refractivity contribution in [2.24, 2.45) is 0 Å². The maximum Gasteiger partial charge on any atom is 0.332 e. The van der Waals surface area contributed by atoms with Crippen LogP contribution in [0.2, 0.25) is 0 Å². The molecule has 0 unspecified atom stereocenters. The molecular formula is C8H13NO3S. The number of thiocarbonyl (C=S) groups is 1. The summed E-state index contributed by atoms with van der Waals surface area (Å²) in [5.41, 5.74) is -0.579. The van der Waals surface area contributed by atoms with Gasteiger partial charge in [0, 0.05) is 0 Å². The molecule has 0 aromatic carbocycles.